The fourth-order valence-electron chi connectivity index (χ4n) is 5.85. The molecule has 0 radical (unpaired) electrons. The third kappa shape index (κ3) is 7.84. The largest absolute Gasteiger partial charge is 0.494 e. The predicted molar refractivity (Wildman–Crippen MR) is 186 cm³/mol. The number of nitrogens with one attached hydrogen (secondary N) is 2. The molecule has 0 atom stereocenters. The lowest BCUT2D eigenvalue weighted by Gasteiger charge is -2.42. The summed E-state index contributed by atoms with van der Waals surface area (Å²) in [5.74, 6) is 2.14. The zero-order valence-electron chi connectivity index (χ0n) is 26.5. The van der Waals surface area contributed by atoms with Crippen LogP contribution in [0.5, 0.6) is 5.75 Å². The van der Waals surface area contributed by atoms with Crippen LogP contribution in [0.4, 0.5) is 23.1 Å². The van der Waals surface area contributed by atoms with Gasteiger partial charge in [0.15, 0.2) is 5.82 Å². The smallest absolute Gasteiger partial charge is 0.229 e. The van der Waals surface area contributed by atoms with Crippen molar-refractivity contribution in [1.29, 1.82) is 0 Å². The average Bonchev–Trinajstić information content (AvgIpc) is 3.49. The van der Waals surface area contributed by atoms with E-state index in [1.807, 2.05) is 17.8 Å². The van der Waals surface area contributed by atoms with Gasteiger partial charge < -0.3 is 25.2 Å². The van der Waals surface area contributed by atoms with Gasteiger partial charge in [-0.1, -0.05) is 32.9 Å². The van der Waals surface area contributed by atoms with Gasteiger partial charge in [0.2, 0.25) is 5.95 Å². The Morgan fingerprint density at radius 1 is 1.12 bits per heavy atom. The number of rotatable bonds is 11. The fraction of sp³-hybridized carbons (Fsp3) is 0.515. The molecule has 0 spiro atoms. The van der Waals surface area contributed by atoms with Gasteiger partial charge in [-0.3, -0.25) is 4.90 Å². The lowest BCUT2D eigenvalue weighted by Crippen LogP contribution is -2.52. The van der Waals surface area contributed by atoms with Crippen LogP contribution < -0.4 is 20.3 Å². The number of aromatic nitrogens is 2. The zero-order chi connectivity index (χ0) is 30.3. The normalized spacial score (nSPS) is 18.1. The highest BCUT2D eigenvalue weighted by atomic mass is 32.2. The van der Waals surface area contributed by atoms with Crippen molar-refractivity contribution in [1.82, 2.24) is 19.8 Å². The number of piperidine rings is 1. The minimum Gasteiger partial charge on any atom is -0.494 e. The molecule has 2 aromatic heterocycles. The Morgan fingerprint density at radius 2 is 1.88 bits per heavy atom. The number of thiophene rings is 1. The van der Waals surface area contributed by atoms with Gasteiger partial charge in [0.25, 0.3) is 0 Å². The minimum absolute atomic E-state index is 0.484. The Bertz CT molecular complexity index is 1420. The molecule has 0 aliphatic carbocycles. The molecule has 1 aromatic carbocycles. The molecule has 0 bridgehead atoms. The zero-order valence-corrected chi connectivity index (χ0v) is 28.2. The number of ether oxygens (including phenoxy) is 1. The van der Waals surface area contributed by atoms with Crippen molar-refractivity contribution >= 4 is 56.5 Å². The summed E-state index contributed by atoms with van der Waals surface area (Å²) in [6.45, 7) is 15.6. The monoisotopic (exact) mass is 621 g/mol. The second kappa shape index (κ2) is 14.8. The molecule has 2 fully saturated rings. The molecule has 4 heterocycles. The number of allylic oxidation sites excluding steroid dienone is 2. The van der Waals surface area contributed by atoms with Crippen LogP contribution in [0.3, 0.4) is 0 Å². The number of anilines is 4. The van der Waals surface area contributed by atoms with Gasteiger partial charge in [0.1, 0.15) is 5.75 Å². The molecule has 2 N–H and O–H groups in total. The third-order valence-corrected chi connectivity index (χ3v) is 10.2. The van der Waals surface area contributed by atoms with Gasteiger partial charge in [0.05, 0.1) is 23.0 Å². The lowest BCUT2D eigenvalue weighted by atomic mass is 10.0. The van der Waals surface area contributed by atoms with Crippen LogP contribution in [-0.2, 0) is 0 Å². The Balaban J connectivity index is 1.31. The third-order valence-electron chi connectivity index (χ3n) is 8.18. The first-order valence-electron chi connectivity index (χ1n) is 15.6. The van der Waals surface area contributed by atoms with E-state index in [0.29, 0.717) is 17.2 Å². The van der Waals surface area contributed by atoms with Crippen LogP contribution in [0.15, 0.2) is 52.4 Å². The quantitative estimate of drug-likeness (QED) is 0.213. The highest BCUT2D eigenvalue weighted by Crippen LogP contribution is 2.36. The number of methoxy groups -OCH3 is 1. The highest BCUT2D eigenvalue weighted by Gasteiger charge is 2.27. The van der Waals surface area contributed by atoms with E-state index < -0.39 is 0 Å². The van der Waals surface area contributed by atoms with E-state index in [4.69, 9.17) is 14.7 Å². The summed E-state index contributed by atoms with van der Waals surface area (Å²) in [5, 5.41) is 9.64. The SMILES string of the molecule is C/C=C(Nc1nc(Nc2ccc(N3CCC(N4CCN(C)CC4)CC3)cc2OC)nc2ccsc12)\C(=C/CC)SC(C)C. The predicted octanol–water partition coefficient (Wildman–Crippen LogP) is 7.41. The maximum Gasteiger partial charge on any atom is 0.229 e. The molecule has 3 aromatic rings. The first-order chi connectivity index (χ1) is 20.9. The van der Waals surface area contributed by atoms with Crippen LogP contribution >= 0.6 is 23.1 Å². The van der Waals surface area contributed by atoms with E-state index in [1.165, 1.54) is 49.6 Å². The maximum absolute atomic E-state index is 5.86. The van der Waals surface area contributed by atoms with Crippen molar-refractivity contribution in [3.8, 4) is 5.75 Å². The molecule has 232 valence electrons. The molecule has 0 unspecified atom stereocenters. The summed E-state index contributed by atoms with van der Waals surface area (Å²) in [6, 6.07) is 9.16. The molecule has 43 heavy (non-hydrogen) atoms. The highest BCUT2D eigenvalue weighted by molar-refractivity contribution is 8.03. The van der Waals surface area contributed by atoms with Crippen molar-refractivity contribution in [2.75, 3.05) is 69.0 Å². The number of piperazine rings is 1. The standard InChI is InChI=1S/C33H47N7OS2/c1-7-9-30(43-23(3)4)26(8-2)34-32-31-28(14-21-42-31)36-33(37-32)35-27-11-10-25(22-29(27)41-6)39-15-12-24(13-16-39)40-19-17-38(5)18-20-40/h8-11,14,21-24H,7,12-13,15-20H2,1-6H3,(H2,34,35,36,37)/b26-8+,30-9+. The van der Waals surface area contributed by atoms with Crippen molar-refractivity contribution in [2.24, 2.45) is 0 Å². The van der Waals surface area contributed by atoms with Crippen LogP contribution in [0.2, 0.25) is 0 Å². The molecule has 2 aliphatic rings. The molecule has 0 saturated carbocycles. The Labute approximate surface area is 265 Å². The minimum atomic E-state index is 0.484. The van der Waals surface area contributed by atoms with E-state index in [9.17, 15) is 0 Å². The molecule has 2 aliphatic heterocycles. The van der Waals surface area contributed by atoms with Crippen molar-refractivity contribution in [3.05, 3.63) is 52.4 Å². The summed E-state index contributed by atoms with van der Waals surface area (Å²) >= 11 is 3.52. The summed E-state index contributed by atoms with van der Waals surface area (Å²) in [7, 11) is 3.95. The Morgan fingerprint density at radius 3 is 2.56 bits per heavy atom. The van der Waals surface area contributed by atoms with Gasteiger partial charge in [-0.2, -0.15) is 4.98 Å². The van der Waals surface area contributed by atoms with Crippen molar-refractivity contribution < 1.29 is 4.74 Å². The van der Waals surface area contributed by atoms with Crippen LogP contribution in [-0.4, -0.2) is 84.5 Å². The second-order valence-corrected chi connectivity index (χ2v) is 14.1. The molecule has 5 rings (SSSR count). The van der Waals surface area contributed by atoms with Crippen LogP contribution in [0.1, 0.15) is 47.0 Å². The summed E-state index contributed by atoms with van der Waals surface area (Å²) in [4.78, 5) is 18.6. The van der Waals surface area contributed by atoms with E-state index in [2.05, 4.69) is 95.8 Å². The summed E-state index contributed by atoms with van der Waals surface area (Å²) in [5.41, 5.74) is 4.04. The second-order valence-electron chi connectivity index (χ2n) is 11.6. The van der Waals surface area contributed by atoms with Crippen molar-refractivity contribution in [3.63, 3.8) is 0 Å². The number of nitrogens with zero attached hydrogens (tertiary/aromatic N) is 5. The van der Waals surface area contributed by atoms with Crippen LogP contribution in [0.25, 0.3) is 10.2 Å². The average molecular weight is 622 g/mol. The van der Waals surface area contributed by atoms with E-state index in [1.54, 1.807) is 18.4 Å². The number of thioether (sulfide) groups is 1. The molecule has 2 saturated heterocycles. The first-order valence-corrected chi connectivity index (χ1v) is 17.3. The Kier molecular flexibility index (Phi) is 10.9. The van der Waals surface area contributed by atoms with Gasteiger partial charge in [-0.25, -0.2) is 4.98 Å². The van der Waals surface area contributed by atoms with E-state index in [0.717, 1.165) is 52.7 Å². The van der Waals surface area contributed by atoms with E-state index in [-0.39, 0.29) is 0 Å². The number of fused-ring (bicyclic) bond motifs is 1. The molecule has 10 heteroatoms. The molecular formula is C33H47N7OS2. The van der Waals surface area contributed by atoms with E-state index >= 15 is 0 Å². The van der Waals surface area contributed by atoms with Gasteiger partial charge in [-0.15, -0.1) is 23.1 Å². The maximum atomic E-state index is 5.86. The molecule has 0 amide bonds. The molecule has 8 nitrogen and oxygen atoms in total. The van der Waals surface area contributed by atoms with Gasteiger partial charge in [0, 0.05) is 72.9 Å². The van der Waals surface area contributed by atoms with Gasteiger partial charge in [-0.05, 0) is 56.8 Å². The van der Waals surface area contributed by atoms with Crippen LogP contribution in [0, 0.1) is 0 Å². The number of benzene rings is 1. The first kappa shape index (κ1) is 31.6. The Hall–Kier alpha value is -2.79. The summed E-state index contributed by atoms with van der Waals surface area (Å²) < 4.78 is 6.90. The number of hydrogen-bond acceptors (Lipinski definition) is 10. The molecular weight excluding hydrogens is 575 g/mol. The number of likely N-dealkylation sites (N-methyl/N-ethyl adjacent to an activating group) is 1. The lowest BCUT2D eigenvalue weighted by molar-refractivity contribution is 0.0982. The topological polar surface area (TPSA) is 68.8 Å². The van der Waals surface area contributed by atoms with Gasteiger partial charge >= 0.3 is 0 Å². The van der Waals surface area contributed by atoms with Crippen molar-refractivity contribution in [2.45, 2.75) is 58.2 Å². The fourth-order valence-corrected chi connectivity index (χ4v) is 7.69. The summed E-state index contributed by atoms with van der Waals surface area (Å²) in [6.07, 6.45) is 7.79. The number of hydrogen-bond donors (Lipinski definition) is 2.